The predicted molar refractivity (Wildman–Crippen MR) is 97.8 cm³/mol. The summed E-state index contributed by atoms with van der Waals surface area (Å²) in [4.78, 5) is 0. The molecule has 0 radical (unpaired) electrons. The molecule has 2 aromatic carbocycles. The van der Waals surface area contributed by atoms with E-state index in [1.165, 1.54) is 12.1 Å². The maximum atomic E-state index is 14.8. The second-order valence-corrected chi connectivity index (χ2v) is 8.25. The lowest BCUT2D eigenvalue weighted by Gasteiger charge is -2.54. The number of halogens is 3. The van der Waals surface area contributed by atoms with Crippen molar-refractivity contribution in [2.75, 3.05) is 0 Å². The van der Waals surface area contributed by atoms with Crippen LogP contribution in [0.4, 0.5) is 13.2 Å². The van der Waals surface area contributed by atoms with Crippen molar-refractivity contribution in [1.29, 1.82) is 0 Å². The van der Waals surface area contributed by atoms with Gasteiger partial charge in [0.2, 0.25) is 0 Å². The number of benzene rings is 2. The molecule has 2 bridgehead atoms. The van der Waals surface area contributed by atoms with Gasteiger partial charge in [-0.3, -0.25) is 0 Å². The molecule has 0 N–H and O–H groups in total. The Balaban J connectivity index is 1.60. The van der Waals surface area contributed by atoms with Crippen LogP contribution in [0.15, 0.2) is 36.4 Å². The Morgan fingerprint density at radius 2 is 1.38 bits per heavy atom. The van der Waals surface area contributed by atoms with Crippen LogP contribution < -0.4 is 0 Å². The van der Waals surface area contributed by atoms with Crippen LogP contribution in [0, 0.1) is 17.5 Å². The minimum absolute atomic E-state index is 0.0711. The van der Waals surface area contributed by atoms with Crippen LogP contribution in [0.5, 0.6) is 0 Å². The van der Waals surface area contributed by atoms with E-state index in [-0.39, 0.29) is 16.6 Å². The standard InChI is InChI=1S/C23H25F3/c1-2-3-16-4-6-18(20(25)14-16)23-11-8-22(9-12-23,10-13-23)17-5-7-19(24)21(26)15-17/h4-7,14-15H,2-3,8-13H2,1H3. The molecule has 0 spiro atoms. The van der Waals surface area contributed by atoms with Gasteiger partial charge in [0.15, 0.2) is 11.6 Å². The molecule has 0 amide bonds. The summed E-state index contributed by atoms with van der Waals surface area (Å²) in [6, 6.07) is 10.1. The molecule has 0 saturated heterocycles. The van der Waals surface area contributed by atoms with Crippen LogP contribution >= 0.6 is 0 Å². The fourth-order valence-electron chi connectivity index (χ4n) is 5.28. The molecule has 3 heteroatoms. The molecule has 3 aliphatic rings. The highest BCUT2D eigenvalue weighted by molar-refractivity contribution is 5.37. The average molecular weight is 358 g/mol. The summed E-state index contributed by atoms with van der Waals surface area (Å²) in [5.41, 5.74) is 2.66. The highest BCUT2D eigenvalue weighted by Gasteiger charge is 2.50. The lowest BCUT2D eigenvalue weighted by Crippen LogP contribution is -2.47. The number of rotatable bonds is 4. The first-order valence-electron chi connectivity index (χ1n) is 9.72. The number of hydrogen-bond donors (Lipinski definition) is 0. The molecule has 5 rings (SSSR count). The van der Waals surface area contributed by atoms with Crippen LogP contribution in [0.3, 0.4) is 0 Å². The molecule has 0 nitrogen and oxygen atoms in total. The third kappa shape index (κ3) is 2.76. The Kier molecular flexibility index (Phi) is 4.37. The Labute approximate surface area is 153 Å². The van der Waals surface area contributed by atoms with Gasteiger partial charge in [0.05, 0.1) is 0 Å². The zero-order chi connectivity index (χ0) is 18.4. The van der Waals surface area contributed by atoms with E-state index in [2.05, 4.69) is 13.0 Å². The van der Waals surface area contributed by atoms with Crippen molar-refractivity contribution in [3.8, 4) is 0 Å². The topological polar surface area (TPSA) is 0 Å². The van der Waals surface area contributed by atoms with Gasteiger partial charge < -0.3 is 0 Å². The Morgan fingerprint density at radius 3 is 1.96 bits per heavy atom. The van der Waals surface area contributed by atoms with Gasteiger partial charge in [0.25, 0.3) is 0 Å². The average Bonchev–Trinajstić information content (AvgIpc) is 2.65. The van der Waals surface area contributed by atoms with Gasteiger partial charge in [-0.05, 0) is 90.7 Å². The number of aryl methyl sites for hydroxylation is 1. The highest BCUT2D eigenvalue weighted by Crippen LogP contribution is 2.59. The van der Waals surface area contributed by atoms with Crippen LogP contribution in [0.2, 0.25) is 0 Å². The molecule has 0 aromatic heterocycles. The normalized spacial score (nSPS) is 27.7. The fraction of sp³-hybridized carbons (Fsp3) is 0.478. The summed E-state index contributed by atoms with van der Waals surface area (Å²) in [5, 5.41) is 0. The number of fused-ring (bicyclic) bond motifs is 3. The van der Waals surface area contributed by atoms with Crippen LogP contribution in [0.1, 0.15) is 68.6 Å². The van der Waals surface area contributed by atoms with E-state index in [1.54, 1.807) is 12.1 Å². The van der Waals surface area contributed by atoms with Crippen molar-refractivity contribution in [3.05, 3.63) is 70.5 Å². The van der Waals surface area contributed by atoms with Crippen molar-refractivity contribution >= 4 is 0 Å². The van der Waals surface area contributed by atoms with Gasteiger partial charge in [-0.25, -0.2) is 13.2 Å². The zero-order valence-corrected chi connectivity index (χ0v) is 15.3. The maximum Gasteiger partial charge on any atom is 0.159 e. The summed E-state index contributed by atoms with van der Waals surface area (Å²) in [6.45, 7) is 2.10. The van der Waals surface area contributed by atoms with Crippen LogP contribution in [-0.4, -0.2) is 0 Å². The summed E-state index contributed by atoms with van der Waals surface area (Å²) >= 11 is 0. The van der Waals surface area contributed by atoms with Crippen molar-refractivity contribution in [2.45, 2.75) is 69.1 Å². The summed E-state index contributed by atoms with van der Waals surface area (Å²) < 4.78 is 41.9. The van der Waals surface area contributed by atoms with E-state index in [9.17, 15) is 13.2 Å². The van der Waals surface area contributed by atoms with E-state index >= 15 is 0 Å². The predicted octanol–water partition coefficient (Wildman–Crippen LogP) is 6.60. The van der Waals surface area contributed by atoms with Crippen LogP contribution in [-0.2, 0) is 17.3 Å². The van der Waals surface area contributed by atoms with E-state index in [4.69, 9.17) is 0 Å². The minimum Gasteiger partial charge on any atom is -0.207 e. The molecular weight excluding hydrogens is 333 g/mol. The lowest BCUT2D eigenvalue weighted by atomic mass is 9.50. The third-order valence-electron chi connectivity index (χ3n) is 6.92. The van der Waals surface area contributed by atoms with Crippen LogP contribution in [0.25, 0.3) is 0 Å². The highest BCUT2D eigenvalue weighted by atomic mass is 19.2. The molecule has 26 heavy (non-hydrogen) atoms. The van der Waals surface area contributed by atoms with Gasteiger partial charge in [0, 0.05) is 0 Å². The van der Waals surface area contributed by atoms with Crippen molar-refractivity contribution in [1.82, 2.24) is 0 Å². The van der Waals surface area contributed by atoms with Crippen molar-refractivity contribution in [2.24, 2.45) is 0 Å². The summed E-state index contributed by atoms with van der Waals surface area (Å²) in [7, 11) is 0. The first-order valence-corrected chi connectivity index (χ1v) is 9.72. The first-order chi connectivity index (χ1) is 12.5. The van der Waals surface area contributed by atoms with Crippen molar-refractivity contribution in [3.63, 3.8) is 0 Å². The molecule has 3 aliphatic carbocycles. The largest absolute Gasteiger partial charge is 0.207 e. The fourth-order valence-corrected chi connectivity index (χ4v) is 5.28. The smallest absolute Gasteiger partial charge is 0.159 e. The lowest BCUT2D eigenvalue weighted by molar-refractivity contribution is 0.0986. The molecule has 0 heterocycles. The summed E-state index contributed by atoms with van der Waals surface area (Å²) in [5.74, 6) is -1.63. The maximum absolute atomic E-state index is 14.8. The third-order valence-corrected chi connectivity index (χ3v) is 6.92. The number of hydrogen-bond acceptors (Lipinski definition) is 0. The second-order valence-electron chi connectivity index (χ2n) is 8.25. The molecular formula is C23H25F3. The van der Waals surface area contributed by atoms with Gasteiger partial charge in [-0.2, -0.15) is 0 Å². The quantitative estimate of drug-likeness (QED) is 0.577. The zero-order valence-electron chi connectivity index (χ0n) is 15.3. The Morgan fingerprint density at radius 1 is 0.731 bits per heavy atom. The van der Waals surface area contributed by atoms with Gasteiger partial charge in [-0.1, -0.05) is 31.5 Å². The molecule has 0 aliphatic heterocycles. The molecule has 3 saturated carbocycles. The monoisotopic (exact) mass is 358 g/mol. The Hall–Kier alpha value is -1.77. The van der Waals surface area contributed by atoms with E-state index < -0.39 is 11.6 Å². The SMILES string of the molecule is CCCc1ccc(C23CCC(c4ccc(F)c(F)c4)(CC2)CC3)c(F)c1. The summed E-state index contributed by atoms with van der Waals surface area (Å²) in [6.07, 6.45) is 7.39. The van der Waals surface area contributed by atoms with E-state index in [0.717, 1.165) is 68.1 Å². The molecule has 2 aromatic rings. The minimum atomic E-state index is -0.791. The first kappa shape index (κ1) is 17.6. The molecule has 0 unspecified atom stereocenters. The second kappa shape index (κ2) is 6.44. The van der Waals surface area contributed by atoms with E-state index in [1.807, 2.05) is 6.07 Å². The van der Waals surface area contributed by atoms with Gasteiger partial charge in [0.1, 0.15) is 5.82 Å². The van der Waals surface area contributed by atoms with E-state index in [0.29, 0.717) is 0 Å². The molecule has 0 atom stereocenters. The van der Waals surface area contributed by atoms with Gasteiger partial charge in [-0.15, -0.1) is 0 Å². The molecule has 138 valence electrons. The Bertz CT molecular complexity index is 800. The van der Waals surface area contributed by atoms with Crippen molar-refractivity contribution < 1.29 is 13.2 Å². The molecule has 3 fully saturated rings. The van der Waals surface area contributed by atoms with Gasteiger partial charge >= 0.3 is 0 Å².